The van der Waals surface area contributed by atoms with E-state index in [0.29, 0.717) is 13.1 Å². The second-order valence-electron chi connectivity index (χ2n) is 9.25. The first-order valence-electron chi connectivity index (χ1n) is 12.6. The monoisotopic (exact) mass is 477 g/mol. The summed E-state index contributed by atoms with van der Waals surface area (Å²) in [5.74, 6) is -0.0706. The summed E-state index contributed by atoms with van der Waals surface area (Å²) in [5, 5.41) is 5.29. The number of rotatable bonds is 6. The smallest absolute Gasteiger partial charge is 0.253 e. The van der Waals surface area contributed by atoms with Crippen molar-refractivity contribution in [2.45, 2.75) is 19.3 Å². The Labute approximate surface area is 212 Å². The quantitative estimate of drug-likeness (QED) is 0.374. The number of hydrogen-bond acceptors (Lipinski definition) is 3. The van der Waals surface area contributed by atoms with Crippen molar-refractivity contribution in [3.05, 3.63) is 108 Å². The Morgan fingerprint density at radius 1 is 0.778 bits per heavy atom. The molecule has 0 radical (unpaired) electrons. The average Bonchev–Trinajstić information content (AvgIpc) is 2.94. The third kappa shape index (κ3) is 5.10. The standard InChI is InChI=1S/C31H31N3O2/c1-2-29(24-9-4-3-5-10-24)30(35)32-27-14-16-28(17-15-27)33-18-20-34(21-19-33)31(36)26-13-12-23-8-6-7-11-25(23)22-26/h3-17,22,29H,2,18-21H2,1H3,(H,32,35). The molecule has 1 aliphatic heterocycles. The molecular weight excluding hydrogens is 446 g/mol. The molecule has 0 saturated carbocycles. The van der Waals surface area contributed by atoms with Crippen LogP contribution >= 0.6 is 0 Å². The van der Waals surface area contributed by atoms with E-state index in [0.717, 1.165) is 52.8 Å². The molecule has 1 heterocycles. The number of carbonyl (C=O) groups is 2. The van der Waals surface area contributed by atoms with Gasteiger partial charge in [-0.3, -0.25) is 9.59 Å². The Kier molecular flexibility index (Phi) is 6.99. The molecule has 5 heteroatoms. The van der Waals surface area contributed by atoms with E-state index in [4.69, 9.17) is 0 Å². The first-order valence-corrected chi connectivity index (χ1v) is 12.6. The number of benzene rings is 4. The number of anilines is 2. The maximum absolute atomic E-state index is 13.1. The van der Waals surface area contributed by atoms with Crippen molar-refractivity contribution in [1.82, 2.24) is 4.90 Å². The van der Waals surface area contributed by atoms with Crippen LogP contribution in [0.1, 0.15) is 35.2 Å². The molecule has 1 aliphatic rings. The Bertz CT molecular complexity index is 1340. The third-order valence-electron chi connectivity index (χ3n) is 6.99. The summed E-state index contributed by atoms with van der Waals surface area (Å²) in [6, 6.07) is 31.9. The van der Waals surface area contributed by atoms with Crippen molar-refractivity contribution in [2.24, 2.45) is 0 Å². The summed E-state index contributed by atoms with van der Waals surface area (Å²) in [6.07, 6.45) is 0.746. The molecule has 0 spiro atoms. The Hall–Kier alpha value is -4.12. The normalized spacial score (nSPS) is 14.5. The first-order chi connectivity index (χ1) is 17.6. The highest BCUT2D eigenvalue weighted by molar-refractivity contribution is 5.99. The zero-order valence-electron chi connectivity index (χ0n) is 20.6. The summed E-state index contributed by atoms with van der Waals surface area (Å²) in [4.78, 5) is 30.2. The maximum atomic E-state index is 13.1. The molecule has 5 nitrogen and oxygen atoms in total. The minimum Gasteiger partial charge on any atom is -0.368 e. The first kappa shape index (κ1) is 23.6. The molecule has 0 aliphatic carbocycles. The van der Waals surface area contributed by atoms with Crippen LogP contribution < -0.4 is 10.2 Å². The zero-order valence-corrected chi connectivity index (χ0v) is 20.6. The van der Waals surface area contributed by atoms with Gasteiger partial charge in [-0.15, -0.1) is 0 Å². The molecule has 1 fully saturated rings. The van der Waals surface area contributed by atoms with Crippen LogP contribution in [0, 0.1) is 0 Å². The van der Waals surface area contributed by atoms with E-state index in [-0.39, 0.29) is 17.7 Å². The highest BCUT2D eigenvalue weighted by Crippen LogP contribution is 2.24. The van der Waals surface area contributed by atoms with Crippen molar-refractivity contribution in [1.29, 1.82) is 0 Å². The molecule has 2 amide bonds. The number of nitrogens with zero attached hydrogens (tertiary/aromatic N) is 2. The van der Waals surface area contributed by atoms with Crippen molar-refractivity contribution in [3.63, 3.8) is 0 Å². The topological polar surface area (TPSA) is 52.7 Å². The minimum absolute atomic E-state index is 0.0114. The molecule has 182 valence electrons. The number of hydrogen-bond donors (Lipinski definition) is 1. The maximum Gasteiger partial charge on any atom is 0.253 e. The largest absolute Gasteiger partial charge is 0.368 e. The van der Waals surface area contributed by atoms with Crippen LogP contribution in [-0.2, 0) is 4.79 Å². The van der Waals surface area contributed by atoms with Gasteiger partial charge in [0.05, 0.1) is 5.92 Å². The summed E-state index contributed by atoms with van der Waals surface area (Å²) in [5.41, 5.74) is 3.66. The molecule has 36 heavy (non-hydrogen) atoms. The Morgan fingerprint density at radius 3 is 2.14 bits per heavy atom. The van der Waals surface area contributed by atoms with Gasteiger partial charge in [0.1, 0.15) is 0 Å². The summed E-state index contributed by atoms with van der Waals surface area (Å²) >= 11 is 0. The van der Waals surface area contributed by atoms with Crippen molar-refractivity contribution >= 4 is 34.0 Å². The van der Waals surface area contributed by atoms with E-state index >= 15 is 0 Å². The van der Waals surface area contributed by atoms with E-state index in [1.807, 2.05) is 103 Å². The van der Waals surface area contributed by atoms with Gasteiger partial charge >= 0.3 is 0 Å². The van der Waals surface area contributed by atoms with E-state index in [1.54, 1.807) is 0 Å². The van der Waals surface area contributed by atoms with Crippen LogP contribution in [0.15, 0.2) is 97.1 Å². The number of amides is 2. The number of fused-ring (bicyclic) bond motifs is 1. The zero-order chi connectivity index (χ0) is 24.9. The Morgan fingerprint density at radius 2 is 1.44 bits per heavy atom. The molecule has 0 aromatic heterocycles. The van der Waals surface area contributed by atoms with E-state index in [1.165, 1.54) is 0 Å². The summed E-state index contributed by atoms with van der Waals surface area (Å²) in [6.45, 7) is 4.94. The van der Waals surface area contributed by atoms with Crippen LogP contribution in [0.4, 0.5) is 11.4 Å². The van der Waals surface area contributed by atoms with Gasteiger partial charge in [-0.1, -0.05) is 67.6 Å². The van der Waals surface area contributed by atoms with Gasteiger partial charge in [-0.05, 0) is 59.2 Å². The number of piperazine rings is 1. The molecule has 0 bridgehead atoms. The van der Waals surface area contributed by atoms with E-state index in [9.17, 15) is 9.59 Å². The van der Waals surface area contributed by atoms with Gasteiger partial charge in [0.25, 0.3) is 5.91 Å². The fraction of sp³-hybridized carbons (Fsp3) is 0.226. The lowest BCUT2D eigenvalue weighted by molar-refractivity contribution is -0.117. The van der Waals surface area contributed by atoms with Crippen molar-refractivity contribution in [2.75, 3.05) is 36.4 Å². The van der Waals surface area contributed by atoms with Gasteiger partial charge in [-0.25, -0.2) is 0 Å². The predicted molar refractivity (Wildman–Crippen MR) is 147 cm³/mol. The van der Waals surface area contributed by atoms with Crippen LogP contribution in [0.2, 0.25) is 0 Å². The molecule has 1 N–H and O–H groups in total. The van der Waals surface area contributed by atoms with Gasteiger partial charge in [-0.2, -0.15) is 0 Å². The fourth-order valence-corrected chi connectivity index (χ4v) is 4.92. The molecule has 4 aromatic carbocycles. The lowest BCUT2D eigenvalue weighted by atomic mass is 9.95. The Balaban J connectivity index is 1.18. The van der Waals surface area contributed by atoms with Crippen molar-refractivity contribution in [3.8, 4) is 0 Å². The molecule has 5 rings (SSSR count). The lowest BCUT2D eigenvalue weighted by Crippen LogP contribution is -2.48. The highest BCUT2D eigenvalue weighted by atomic mass is 16.2. The molecule has 1 saturated heterocycles. The number of carbonyl (C=O) groups excluding carboxylic acids is 2. The number of nitrogens with one attached hydrogen (secondary N) is 1. The molecule has 4 aromatic rings. The molecule has 1 unspecified atom stereocenters. The van der Waals surface area contributed by atoms with Gasteiger partial charge in [0.2, 0.25) is 5.91 Å². The predicted octanol–water partition coefficient (Wildman–Crippen LogP) is 5.93. The summed E-state index contributed by atoms with van der Waals surface area (Å²) in [7, 11) is 0. The summed E-state index contributed by atoms with van der Waals surface area (Å²) < 4.78 is 0. The SMILES string of the molecule is CCC(C(=O)Nc1ccc(N2CCN(C(=O)c3ccc4ccccc4c3)CC2)cc1)c1ccccc1. The average molecular weight is 478 g/mol. The molecule has 1 atom stereocenters. The minimum atomic E-state index is -0.168. The van der Waals surface area contributed by atoms with E-state index in [2.05, 4.69) is 16.3 Å². The lowest BCUT2D eigenvalue weighted by Gasteiger charge is -2.36. The van der Waals surface area contributed by atoms with E-state index < -0.39 is 0 Å². The van der Waals surface area contributed by atoms with Crippen LogP contribution in [0.3, 0.4) is 0 Å². The van der Waals surface area contributed by atoms with Crippen LogP contribution in [0.5, 0.6) is 0 Å². The fourth-order valence-electron chi connectivity index (χ4n) is 4.92. The second kappa shape index (κ2) is 10.6. The van der Waals surface area contributed by atoms with Gasteiger partial charge in [0, 0.05) is 43.1 Å². The molecular formula is C31H31N3O2. The van der Waals surface area contributed by atoms with Gasteiger partial charge < -0.3 is 15.1 Å². The van der Waals surface area contributed by atoms with Gasteiger partial charge in [0.15, 0.2) is 0 Å². The van der Waals surface area contributed by atoms with Crippen LogP contribution in [0.25, 0.3) is 10.8 Å². The highest BCUT2D eigenvalue weighted by Gasteiger charge is 2.23. The van der Waals surface area contributed by atoms with Crippen LogP contribution in [-0.4, -0.2) is 42.9 Å². The second-order valence-corrected chi connectivity index (χ2v) is 9.25. The van der Waals surface area contributed by atoms with Crippen molar-refractivity contribution < 1.29 is 9.59 Å². The third-order valence-corrected chi connectivity index (χ3v) is 6.99.